The van der Waals surface area contributed by atoms with E-state index < -0.39 is 5.97 Å². The average Bonchev–Trinajstić information content (AvgIpc) is 2.78. The monoisotopic (exact) mass is 459 g/mol. The van der Waals surface area contributed by atoms with E-state index in [2.05, 4.69) is 15.9 Å². The zero-order valence-electron chi connectivity index (χ0n) is 16.3. The minimum atomic E-state index is -0.560. The quantitative estimate of drug-likeness (QED) is 0.268. The fraction of sp³-hybridized carbons (Fsp3) is 0.0800. The molecular formula is C25H18BrNO3. The molecule has 1 heterocycles. The van der Waals surface area contributed by atoms with Crippen LogP contribution in [-0.4, -0.2) is 23.3 Å². The van der Waals surface area contributed by atoms with Crippen LogP contribution >= 0.6 is 15.9 Å². The van der Waals surface area contributed by atoms with E-state index in [1.54, 1.807) is 31.2 Å². The predicted octanol–water partition coefficient (Wildman–Crippen LogP) is 6.07. The van der Waals surface area contributed by atoms with Gasteiger partial charge in [-0.25, -0.2) is 9.78 Å². The van der Waals surface area contributed by atoms with Gasteiger partial charge in [-0.2, -0.15) is 0 Å². The maximum atomic E-state index is 13.6. The fourth-order valence-electron chi connectivity index (χ4n) is 3.40. The lowest BCUT2D eigenvalue weighted by molar-refractivity contribution is 0.0524. The van der Waals surface area contributed by atoms with Gasteiger partial charge < -0.3 is 4.74 Å². The van der Waals surface area contributed by atoms with Crippen molar-refractivity contribution in [3.63, 3.8) is 0 Å². The van der Waals surface area contributed by atoms with Gasteiger partial charge in [-0.05, 0) is 37.3 Å². The van der Waals surface area contributed by atoms with Crippen LogP contribution in [0.25, 0.3) is 22.2 Å². The maximum Gasteiger partial charge on any atom is 0.341 e. The molecule has 0 saturated heterocycles. The maximum absolute atomic E-state index is 13.6. The number of fused-ring (bicyclic) bond motifs is 1. The van der Waals surface area contributed by atoms with Crippen LogP contribution in [0.4, 0.5) is 0 Å². The van der Waals surface area contributed by atoms with E-state index in [0.29, 0.717) is 27.7 Å². The summed E-state index contributed by atoms with van der Waals surface area (Å²) in [5, 5.41) is 0.619. The van der Waals surface area contributed by atoms with Crippen LogP contribution < -0.4 is 0 Å². The second-order valence-corrected chi connectivity index (χ2v) is 7.57. The molecule has 0 atom stereocenters. The molecule has 4 nitrogen and oxygen atoms in total. The van der Waals surface area contributed by atoms with E-state index in [1.165, 1.54) is 0 Å². The second kappa shape index (κ2) is 8.59. The number of halogens is 1. The number of aromatic nitrogens is 1. The van der Waals surface area contributed by atoms with Crippen LogP contribution in [-0.2, 0) is 4.74 Å². The zero-order valence-corrected chi connectivity index (χ0v) is 17.8. The van der Waals surface area contributed by atoms with Crippen LogP contribution in [0.15, 0.2) is 83.3 Å². The van der Waals surface area contributed by atoms with Gasteiger partial charge in [0.1, 0.15) is 0 Å². The Balaban J connectivity index is 2.07. The fourth-order valence-corrected chi connectivity index (χ4v) is 3.66. The first-order chi connectivity index (χ1) is 14.6. The first-order valence-corrected chi connectivity index (χ1v) is 10.3. The first kappa shape index (κ1) is 20.0. The third kappa shape index (κ3) is 3.76. The number of benzene rings is 3. The third-order valence-corrected chi connectivity index (χ3v) is 5.28. The van der Waals surface area contributed by atoms with Gasteiger partial charge >= 0.3 is 5.97 Å². The molecule has 0 fully saturated rings. The molecule has 0 saturated carbocycles. The Morgan fingerprint density at radius 1 is 0.867 bits per heavy atom. The molecule has 0 aliphatic rings. The molecule has 4 rings (SSSR count). The molecule has 0 aliphatic carbocycles. The SMILES string of the molecule is CCOC(=O)c1c(-c2ccccc2)nc2ccccc2c1C(=O)c1ccc(Br)cc1. The topological polar surface area (TPSA) is 56.3 Å². The number of hydrogen-bond donors (Lipinski definition) is 0. The molecule has 0 amide bonds. The van der Waals surface area contributed by atoms with Crippen molar-refractivity contribution in [3.05, 3.63) is 100 Å². The molecule has 0 spiro atoms. The summed E-state index contributed by atoms with van der Waals surface area (Å²) >= 11 is 3.40. The van der Waals surface area contributed by atoms with E-state index in [9.17, 15) is 9.59 Å². The number of carbonyl (C=O) groups excluding carboxylic acids is 2. The molecule has 0 radical (unpaired) electrons. The van der Waals surface area contributed by atoms with Crippen molar-refractivity contribution in [3.8, 4) is 11.3 Å². The molecule has 0 bridgehead atoms. The lowest BCUT2D eigenvalue weighted by atomic mass is 9.91. The number of pyridine rings is 1. The highest BCUT2D eigenvalue weighted by Crippen LogP contribution is 2.32. The summed E-state index contributed by atoms with van der Waals surface area (Å²) in [6.07, 6.45) is 0. The third-order valence-electron chi connectivity index (χ3n) is 4.75. The molecule has 1 aromatic heterocycles. The lowest BCUT2D eigenvalue weighted by Crippen LogP contribution is -2.16. The van der Waals surface area contributed by atoms with Gasteiger partial charge in [0.15, 0.2) is 5.78 Å². The summed E-state index contributed by atoms with van der Waals surface area (Å²) < 4.78 is 6.22. The normalized spacial score (nSPS) is 10.7. The number of hydrogen-bond acceptors (Lipinski definition) is 4. The Kier molecular flexibility index (Phi) is 5.72. The van der Waals surface area contributed by atoms with E-state index in [1.807, 2.05) is 54.6 Å². The standard InChI is InChI=1S/C25H18BrNO3/c1-2-30-25(29)22-21(24(28)17-12-14-18(26)15-13-17)19-10-6-7-11-20(19)27-23(22)16-8-4-3-5-9-16/h3-15H,2H2,1H3. The summed E-state index contributed by atoms with van der Waals surface area (Å²) in [4.78, 5) is 31.4. The summed E-state index contributed by atoms with van der Waals surface area (Å²) in [7, 11) is 0. The average molecular weight is 460 g/mol. The molecule has 0 unspecified atom stereocenters. The Hall–Kier alpha value is -3.31. The Bertz CT molecular complexity index is 1230. The largest absolute Gasteiger partial charge is 0.462 e. The van der Waals surface area contributed by atoms with E-state index >= 15 is 0 Å². The number of nitrogens with zero attached hydrogens (tertiary/aromatic N) is 1. The van der Waals surface area contributed by atoms with Crippen LogP contribution in [0.3, 0.4) is 0 Å². The summed E-state index contributed by atoms with van der Waals surface area (Å²) in [5.41, 5.74) is 2.81. The van der Waals surface area contributed by atoms with Crippen LogP contribution in [0, 0.1) is 0 Å². The van der Waals surface area contributed by atoms with E-state index in [4.69, 9.17) is 9.72 Å². The molecule has 3 aromatic carbocycles. The number of esters is 1. The second-order valence-electron chi connectivity index (χ2n) is 6.65. The number of rotatable bonds is 5. The van der Waals surface area contributed by atoms with Crippen molar-refractivity contribution >= 4 is 38.6 Å². The predicted molar refractivity (Wildman–Crippen MR) is 121 cm³/mol. The molecule has 5 heteroatoms. The van der Waals surface area contributed by atoms with Crippen molar-refractivity contribution in [1.29, 1.82) is 0 Å². The number of ether oxygens (including phenoxy) is 1. The lowest BCUT2D eigenvalue weighted by Gasteiger charge is -2.16. The number of ketones is 1. The van der Waals surface area contributed by atoms with Crippen molar-refractivity contribution in [2.75, 3.05) is 6.61 Å². The van der Waals surface area contributed by atoms with Gasteiger partial charge in [0.25, 0.3) is 0 Å². The van der Waals surface area contributed by atoms with Crippen LogP contribution in [0.1, 0.15) is 33.2 Å². The highest BCUT2D eigenvalue weighted by molar-refractivity contribution is 9.10. The van der Waals surface area contributed by atoms with E-state index in [0.717, 1.165) is 10.0 Å². The smallest absolute Gasteiger partial charge is 0.341 e. The molecule has 4 aromatic rings. The summed E-state index contributed by atoms with van der Waals surface area (Å²) in [5.74, 6) is -0.809. The highest BCUT2D eigenvalue weighted by atomic mass is 79.9. The van der Waals surface area contributed by atoms with Gasteiger partial charge in [-0.3, -0.25) is 4.79 Å². The van der Waals surface area contributed by atoms with Gasteiger partial charge in [0.05, 0.1) is 23.4 Å². The van der Waals surface area contributed by atoms with Crippen molar-refractivity contribution < 1.29 is 14.3 Å². The molecule has 0 aliphatic heterocycles. The highest BCUT2D eigenvalue weighted by Gasteiger charge is 2.27. The van der Waals surface area contributed by atoms with Gasteiger partial charge in [0, 0.05) is 26.5 Å². The minimum Gasteiger partial charge on any atom is -0.462 e. The van der Waals surface area contributed by atoms with Crippen LogP contribution in [0.5, 0.6) is 0 Å². The van der Waals surface area contributed by atoms with E-state index in [-0.39, 0.29) is 18.0 Å². The van der Waals surface area contributed by atoms with Gasteiger partial charge in [0.2, 0.25) is 0 Å². The molecule has 30 heavy (non-hydrogen) atoms. The molecule has 0 N–H and O–H groups in total. The summed E-state index contributed by atoms with van der Waals surface area (Å²) in [6, 6.07) is 23.8. The molecule has 148 valence electrons. The van der Waals surface area contributed by atoms with Crippen LogP contribution in [0.2, 0.25) is 0 Å². The van der Waals surface area contributed by atoms with Crippen molar-refractivity contribution in [2.24, 2.45) is 0 Å². The summed E-state index contributed by atoms with van der Waals surface area (Å²) in [6.45, 7) is 1.94. The minimum absolute atomic E-state index is 0.190. The van der Waals surface area contributed by atoms with Crippen molar-refractivity contribution in [1.82, 2.24) is 4.98 Å². The molecular weight excluding hydrogens is 442 g/mol. The zero-order chi connectivity index (χ0) is 21.1. The number of para-hydroxylation sites is 1. The van der Waals surface area contributed by atoms with Crippen molar-refractivity contribution in [2.45, 2.75) is 6.92 Å². The Labute approximate surface area is 182 Å². The van der Waals surface area contributed by atoms with Gasteiger partial charge in [-0.15, -0.1) is 0 Å². The first-order valence-electron chi connectivity index (χ1n) is 9.55. The number of carbonyl (C=O) groups is 2. The Morgan fingerprint density at radius 2 is 1.53 bits per heavy atom. The van der Waals surface area contributed by atoms with Gasteiger partial charge in [-0.1, -0.05) is 64.5 Å². The Morgan fingerprint density at radius 3 is 2.23 bits per heavy atom.